The number of amides is 5. The van der Waals surface area contributed by atoms with Crippen molar-refractivity contribution in [2.45, 2.75) is 34.1 Å². The second kappa shape index (κ2) is 13.5. The molecule has 10 heteroatoms. The first-order valence-corrected chi connectivity index (χ1v) is 13.6. The molecule has 1 aliphatic heterocycles. The summed E-state index contributed by atoms with van der Waals surface area (Å²) in [6, 6.07) is 16.0. The minimum Gasteiger partial charge on any atom is -0.490 e. The summed E-state index contributed by atoms with van der Waals surface area (Å²) in [6.07, 6.45) is 2.12. The smallest absolute Gasteiger partial charge is 0.335 e. The molecule has 42 heavy (non-hydrogen) atoms. The number of benzene rings is 3. The van der Waals surface area contributed by atoms with Crippen molar-refractivity contribution in [2.75, 3.05) is 30.0 Å². The first-order valence-electron chi connectivity index (χ1n) is 13.6. The number of ether oxygens (including phenoxy) is 3. The lowest BCUT2D eigenvalue weighted by Crippen LogP contribution is -2.54. The van der Waals surface area contributed by atoms with Gasteiger partial charge in [0.05, 0.1) is 18.9 Å². The highest BCUT2D eigenvalue weighted by molar-refractivity contribution is 6.39. The van der Waals surface area contributed by atoms with E-state index < -0.39 is 17.8 Å². The number of urea groups is 1. The predicted octanol–water partition coefficient (Wildman–Crippen LogP) is 5.17. The molecule has 0 aliphatic carbocycles. The second-order valence-electron chi connectivity index (χ2n) is 9.54. The number of carbonyl (C=O) groups is 4. The molecule has 2 N–H and O–H groups in total. The van der Waals surface area contributed by atoms with Crippen LogP contribution in [0.15, 0.2) is 66.2 Å². The van der Waals surface area contributed by atoms with Gasteiger partial charge in [-0.3, -0.25) is 19.7 Å². The van der Waals surface area contributed by atoms with Gasteiger partial charge in [-0.15, -0.1) is 0 Å². The SMILES string of the molecule is CCCOc1ccc(N2C(=O)NC(=O)/C(=C\c3ccccc3OCC(=O)Nc3ccc(C)c(C)c3)C2=O)cc1OCC. The number of imide groups is 2. The Morgan fingerprint density at radius 1 is 0.881 bits per heavy atom. The molecule has 0 atom stereocenters. The summed E-state index contributed by atoms with van der Waals surface area (Å²) in [6.45, 7) is 8.23. The Kier molecular flexibility index (Phi) is 9.59. The number of para-hydroxylation sites is 1. The Morgan fingerprint density at radius 3 is 2.40 bits per heavy atom. The predicted molar refractivity (Wildman–Crippen MR) is 159 cm³/mol. The number of hydrogen-bond acceptors (Lipinski definition) is 7. The minimum absolute atomic E-state index is 0.204. The monoisotopic (exact) mass is 571 g/mol. The number of anilines is 2. The highest BCUT2D eigenvalue weighted by atomic mass is 16.5. The van der Waals surface area contributed by atoms with Crippen LogP contribution >= 0.6 is 0 Å². The van der Waals surface area contributed by atoms with Crippen LogP contribution in [0, 0.1) is 13.8 Å². The van der Waals surface area contributed by atoms with E-state index in [-0.39, 0.29) is 29.5 Å². The summed E-state index contributed by atoms with van der Waals surface area (Å²) in [5.41, 5.74) is 3.10. The molecule has 1 saturated heterocycles. The third-order valence-corrected chi connectivity index (χ3v) is 6.42. The lowest BCUT2D eigenvalue weighted by molar-refractivity contribution is -0.122. The molecule has 3 aromatic rings. The van der Waals surface area contributed by atoms with Gasteiger partial charge in [-0.25, -0.2) is 9.69 Å². The molecule has 1 fully saturated rings. The van der Waals surface area contributed by atoms with Crippen molar-refractivity contribution < 1.29 is 33.4 Å². The highest BCUT2D eigenvalue weighted by Crippen LogP contribution is 2.34. The van der Waals surface area contributed by atoms with Crippen LogP contribution in [0.2, 0.25) is 0 Å². The summed E-state index contributed by atoms with van der Waals surface area (Å²) in [4.78, 5) is 52.5. The third-order valence-electron chi connectivity index (χ3n) is 6.42. The summed E-state index contributed by atoms with van der Waals surface area (Å²) in [7, 11) is 0. The Morgan fingerprint density at radius 2 is 1.67 bits per heavy atom. The van der Waals surface area contributed by atoms with Gasteiger partial charge in [-0.1, -0.05) is 31.2 Å². The van der Waals surface area contributed by atoms with Gasteiger partial charge in [-0.05, 0) is 74.7 Å². The van der Waals surface area contributed by atoms with E-state index in [1.54, 1.807) is 43.3 Å². The fourth-order valence-electron chi connectivity index (χ4n) is 4.17. The van der Waals surface area contributed by atoms with Gasteiger partial charge in [0.15, 0.2) is 18.1 Å². The molecular weight excluding hydrogens is 538 g/mol. The lowest BCUT2D eigenvalue weighted by atomic mass is 10.1. The molecule has 0 spiro atoms. The van der Waals surface area contributed by atoms with Crippen LogP contribution in [0.5, 0.6) is 17.2 Å². The quantitative estimate of drug-likeness (QED) is 0.240. The molecule has 5 amide bonds. The number of rotatable bonds is 11. The number of nitrogens with one attached hydrogen (secondary N) is 2. The van der Waals surface area contributed by atoms with E-state index in [9.17, 15) is 19.2 Å². The van der Waals surface area contributed by atoms with Gasteiger partial charge in [0, 0.05) is 17.3 Å². The molecule has 3 aromatic carbocycles. The van der Waals surface area contributed by atoms with Crippen molar-refractivity contribution >= 4 is 41.2 Å². The standard InChI is InChI=1S/C32H33N3O7/c1-5-15-41-27-14-13-24(18-28(27)40-6-2)35-31(38)25(30(37)34-32(35)39)17-22-9-7-8-10-26(22)42-19-29(36)33-23-12-11-20(3)21(4)16-23/h7-14,16-18H,5-6,15,19H2,1-4H3,(H,33,36)(H,34,37,39)/b25-17+. The van der Waals surface area contributed by atoms with E-state index in [4.69, 9.17) is 14.2 Å². The van der Waals surface area contributed by atoms with Crippen LogP contribution in [0.4, 0.5) is 16.2 Å². The molecule has 1 aliphatic rings. The average Bonchev–Trinajstić information content (AvgIpc) is 2.96. The largest absolute Gasteiger partial charge is 0.490 e. The van der Waals surface area contributed by atoms with Crippen molar-refractivity contribution in [3.8, 4) is 17.2 Å². The molecule has 0 bridgehead atoms. The van der Waals surface area contributed by atoms with Crippen molar-refractivity contribution in [1.82, 2.24) is 5.32 Å². The van der Waals surface area contributed by atoms with E-state index in [0.717, 1.165) is 22.4 Å². The van der Waals surface area contributed by atoms with Gasteiger partial charge in [-0.2, -0.15) is 0 Å². The second-order valence-corrected chi connectivity index (χ2v) is 9.54. The normalized spacial score (nSPS) is 14.0. The summed E-state index contributed by atoms with van der Waals surface area (Å²) in [5.74, 6) is -0.927. The molecule has 0 unspecified atom stereocenters. The topological polar surface area (TPSA) is 123 Å². The lowest BCUT2D eigenvalue weighted by Gasteiger charge is -2.27. The van der Waals surface area contributed by atoms with E-state index in [1.165, 1.54) is 12.1 Å². The van der Waals surface area contributed by atoms with Crippen LogP contribution in [0.25, 0.3) is 6.08 Å². The maximum atomic E-state index is 13.5. The van der Waals surface area contributed by atoms with E-state index in [1.807, 2.05) is 39.0 Å². The number of carbonyl (C=O) groups excluding carboxylic acids is 4. The van der Waals surface area contributed by atoms with Crippen molar-refractivity contribution in [2.24, 2.45) is 0 Å². The van der Waals surface area contributed by atoms with Crippen LogP contribution in [-0.4, -0.2) is 43.6 Å². The molecule has 10 nitrogen and oxygen atoms in total. The third kappa shape index (κ3) is 6.95. The molecule has 4 rings (SSSR count). The van der Waals surface area contributed by atoms with E-state index in [0.29, 0.717) is 36.0 Å². The molecule has 0 aromatic heterocycles. The Hall–Kier alpha value is -5.12. The van der Waals surface area contributed by atoms with Gasteiger partial charge < -0.3 is 19.5 Å². The van der Waals surface area contributed by atoms with E-state index >= 15 is 0 Å². The molecule has 0 radical (unpaired) electrons. The number of hydrogen-bond donors (Lipinski definition) is 2. The summed E-state index contributed by atoms with van der Waals surface area (Å²) in [5, 5.41) is 5.01. The first kappa shape index (κ1) is 29.9. The number of nitrogens with zero attached hydrogens (tertiary/aromatic N) is 1. The summed E-state index contributed by atoms with van der Waals surface area (Å²) >= 11 is 0. The highest BCUT2D eigenvalue weighted by Gasteiger charge is 2.37. The molecule has 218 valence electrons. The Balaban J connectivity index is 1.56. The minimum atomic E-state index is -0.889. The first-order chi connectivity index (χ1) is 20.2. The van der Waals surface area contributed by atoms with Crippen molar-refractivity contribution in [3.05, 3.63) is 82.9 Å². The molecule has 0 saturated carbocycles. The fraction of sp³-hybridized carbons (Fsp3) is 0.250. The molecular formula is C32H33N3O7. The van der Waals surface area contributed by atoms with Crippen LogP contribution in [-0.2, 0) is 14.4 Å². The van der Waals surface area contributed by atoms with Gasteiger partial charge in [0.1, 0.15) is 11.3 Å². The van der Waals surface area contributed by atoms with Crippen LogP contribution in [0.1, 0.15) is 37.0 Å². The fourth-order valence-corrected chi connectivity index (χ4v) is 4.17. The van der Waals surface area contributed by atoms with Crippen LogP contribution in [0.3, 0.4) is 0 Å². The van der Waals surface area contributed by atoms with Crippen molar-refractivity contribution in [1.29, 1.82) is 0 Å². The Bertz CT molecular complexity index is 1550. The zero-order chi connectivity index (χ0) is 30.2. The van der Waals surface area contributed by atoms with Crippen molar-refractivity contribution in [3.63, 3.8) is 0 Å². The zero-order valence-corrected chi connectivity index (χ0v) is 24.0. The van der Waals surface area contributed by atoms with Gasteiger partial charge in [0.2, 0.25) is 0 Å². The maximum Gasteiger partial charge on any atom is 0.335 e. The Labute approximate surface area is 244 Å². The van der Waals surface area contributed by atoms with Gasteiger partial charge >= 0.3 is 6.03 Å². The van der Waals surface area contributed by atoms with E-state index in [2.05, 4.69) is 10.6 Å². The molecule has 1 heterocycles. The summed E-state index contributed by atoms with van der Waals surface area (Å²) < 4.78 is 17.1. The van der Waals surface area contributed by atoms with Crippen LogP contribution < -0.4 is 29.7 Å². The van der Waals surface area contributed by atoms with Gasteiger partial charge in [0.25, 0.3) is 17.7 Å². The maximum absolute atomic E-state index is 13.5. The average molecular weight is 572 g/mol. The number of barbiturate groups is 1. The zero-order valence-electron chi connectivity index (χ0n) is 24.0. The number of aryl methyl sites for hydroxylation is 2.